The molecular formula is C13H17N5O2S. The fraction of sp³-hybridized carbons (Fsp3) is 0.231. The molecule has 0 spiro atoms. The van der Waals surface area contributed by atoms with Crippen LogP contribution in [0, 0.1) is 6.92 Å². The van der Waals surface area contributed by atoms with Crippen LogP contribution in [-0.4, -0.2) is 29.7 Å². The van der Waals surface area contributed by atoms with Crippen molar-refractivity contribution >= 4 is 15.7 Å². The highest BCUT2D eigenvalue weighted by Gasteiger charge is 2.25. The fourth-order valence-electron chi connectivity index (χ4n) is 1.85. The molecule has 0 bridgehead atoms. The molecule has 0 unspecified atom stereocenters. The molecule has 2 rings (SSSR count). The van der Waals surface area contributed by atoms with E-state index in [1.807, 2.05) is 19.1 Å². The van der Waals surface area contributed by atoms with Crippen LogP contribution in [0.5, 0.6) is 0 Å². The molecule has 3 N–H and O–H groups in total. The van der Waals surface area contributed by atoms with Crippen molar-refractivity contribution in [1.82, 2.24) is 14.3 Å². The number of nitrogens with zero attached hydrogens (tertiary/aromatic N) is 3. The second-order valence-corrected chi connectivity index (χ2v) is 6.49. The molecule has 0 aliphatic rings. The number of hydrazine groups is 1. The maximum atomic E-state index is 12.5. The number of anilines is 1. The zero-order valence-electron chi connectivity index (χ0n) is 11.8. The Labute approximate surface area is 123 Å². The molecule has 0 atom stereocenters. The topological polar surface area (TPSA) is 101 Å². The minimum Gasteiger partial charge on any atom is -0.321 e. The largest absolute Gasteiger partial charge is 0.321 e. The lowest BCUT2D eigenvalue weighted by atomic mass is 10.3. The number of nitrogens with two attached hydrogens (primary N) is 1. The van der Waals surface area contributed by atoms with Crippen molar-refractivity contribution in [3.05, 3.63) is 47.9 Å². The molecule has 0 saturated heterocycles. The first-order valence-electron chi connectivity index (χ1n) is 6.25. The second kappa shape index (κ2) is 6.17. The van der Waals surface area contributed by atoms with Crippen LogP contribution < -0.4 is 11.3 Å². The number of aryl methyl sites for hydroxylation is 1. The van der Waals surface area contributed by atoms with Gasteiger partial charge in [-0.05, 0) is 31.2 Å². The minimum absolute atomic E-state index is 0.109. The van der Waals surface area contributed by atoms with Crippen LogP contribution in [-0.2, 0) is 16.6 Å². The maximum absolute atomic E-state index is 12.5. The van der Waals surface area contributed by atoms with Gasteiger partial charge in [0.15, 0.2) is 5.03 Å². The quantitative estimate of drug-likeness (QED) is 0.628. The molecule has 2 aromatic heterocycles. The Hall–Kier alpha value is -2.03. The standard InChI is InChI=1S/C13H17N5O2S/c1-10-5-3-6-11(16-10)9-18(2)21(19,20)13-12(17-14)7-4-8-15-13/h3-8,17H,9,14H2,1-2H3. The molecule has 0 fully saturated rings. The second-order valence-electron chi connectivity index (χ2n) is 4.53. The molecule has 0 saturated carbocycles. The normalized spacial score (nSPS) is 11.6. The average Bonchev–Trinajstić information content (AvgIpc) is 2.47. The summed E-state index contributed by atoms with van der Waals surface area (Å²) in [6.07, 6.45) is 1.41. The fourth-order valence-corrected chi connectivity index (χ4v) is 3.05. The number of rotatable bonds is 5. The molecular weight excluding hydrogens is 290 g/mol. The van der Waals surface area contributed by atoms with Crippen LogP contribution >= 0.6 is 0 Å². The molecule has 112 valence electrons. The summed E-state index contributed by atoms with van der Waals surface area (Å²) < 4.78 is 26.3. The van der Waals surface area contributed by atoms with Gasteiger partial charge < -0.3 is 5.43 Å². The van der Waals surface area contributed by atoms with Gasteiger partial charge in [0.05, 0.1) is 17.9 Å². The third kappa shape index (κ3) is 3.35. The van der Waals surface area contributed by atoms with Gasteiger partial charge in [0.2, 0.25) is 0 Å². The van der Waals surface area contributed by atoms with E-state index in [1.54, 1.807) is 18.2 Å². The Morgan fingerprint density at radius 3 is 2.71 bits per heavy atom. The molecule has 0 amide bonds. The minimum atomic E-state index is -3.75. The molecule has 0 aliphatic carbocycles. The predicted molar refractivity (Wildman–Crippen MR) is 79.7 cm³/mol. The van der Waals surface area contributed by atoms with Gasteiger partial charge >= 0.3 is 0 Å². The molecule has 2 heterocycles. The zero-order chi connectivity index (χ0) is 15.5. The molecule has 0 aliphatic heterocycles. The molecule has 2 aromatic rings. The Morgan fingerprint density at radius 1 is 1.29 bits per heavy atom. The SMILES string of the molecule is Cc1cccc(CN(C)S(=O)(=O)c2ncccc2NN)n1. The van der Waals surface area contributed by atoms with E-state index in [2.05, 4.69) is 15.4 Å². The van der Waals surface area contributed by atoms with Crippen LogP contribution in [0.1, 0.15) is 11.4 Å². The Kier molecular flexibility index (Phi) is 4.51. The van der Waals surface area contributed by atoms with E-state index in [0.717, 1.165) is 5.69 Å². The number of aromatic nitrogens is 2. The van der Waals surface area contributed by atoms with E-state index in [-0.39, 0.29) is 17.3 Å². The van der Waals surface area contributed by atoms with E-state index in [9.17, 15) is 8.42 Å². The van der Waals surface area contributed by atoms with Gasteiger partial charge in [-0.3, -0.25) is 10.8 Å². The van der Waals surface area contributed by atoms with E-state index in [0.29, 0.717) is 5.69 Å². The van der Waals surface area contributed by atoms with Gasteiger partial charge in [-0.25, -0.2) is 13.4 Å². The Bertz CT molecular complexity index is 733. The third-order valence-corrected chi connectivity index (χ3v) is 4.68. The van der Waals surface area contributed by atoms with Crippen molar-refractivity contribution in [2.24, 2.45) is 5.84 Å². The number of sulfonamides is 1. The van der Waals surface area contributed by atoms with Crippen molar-refractivity contribution in [1.29, 1.82) is 0 Å². The summed E-state index contributed by atoms with van der Waals surface area (Å²) in [5.74, 6) is 5.33. The Morgan fingerprint density at radius 2 is 2.05 bits per heavy atom. The predicted octanol–water partition coefficient (Wildman–Crippen LogP) is 0.891. The summed E-state index contributed by atoms with van der Waals surface area (Å²) in [5, 5.41) is -0.109. The van der Waals surface area contributed by atoms with Gasteiger partial charge in [-0.15, -0.1) is 0 Å². The van der Waals surface area contributed by atoms with Crippen LogP contribution in [0.2, 0.25) is 0 Å². The molecule has 7 nitrogen and oxygen atoms in total. The Balaban J connectivity index is 2.31. The lowest BCUT2D eigenvalue weighted by Crippen LogP contribution is -2.29. The maximum Gasteiger partial charge on any atom is 0.262 e. The molecule has 0 radical (unpaired) electrons. The van der Waals surface area contributed by atoms with E-state index >= 15 is 0 Å². The van der Waals surface area contributed by atoms with Gasteiger partial charge in [0.25, 0.3) is 10.0 Å². The van der Waals surface area contributed by atoms with E-state index < -0.39 is 10.0 Å². The van der Waals surface area contributed by atoms with Crippen LogP contribution in [0.3, 0.4) is 0 Å². The van der Waals surface area contributed by atoms with E-state index in [4.69, 9.17) is 5.84 Å². The summed E-state index contributed by atoms with van der Waals surface area (Å²) in [6, 6.07) is 8.63. The summed E-state index contributed by atoms with van der Waals surface area (Å²) in [5.41, 5.74) is 4.10. The number of nitrogens with one attached hydrogen (secondary N) is 1. The lowest BCUT2D eigenvalue weighted by molar-refractivity contribution is 0.459. The summed E-state index contributed by atoms with van der Waals surface area (Å²) >= 11 is 0. The summed E-state index contributed by atoms with van der Waals surface area (Å²) in [6.45, 7) is 2.01. The highest BCUT2D eigenvalue weighted by molar-refractivity contribution is 7.89. The third-order valence-electron chi connectivity index (χ3n) is 2.91. The van der Waals surface area contributed by atoms with Crippen molar-refractivity contribution in [3.8, 4) is 0 Å². The van der Waals surface area contributed by atoms with Gasteiger partial charge in [0.1, 0.15) is 0 Å². The summed E-state index contributed by atoms with van der Waals surface area (Å²) in [7, 11) is -2.27. The lowest BCUT2D eigenvalue weighted by Gasteiger charge is -2.18. The number of nitrogen functional groups attached to an aromatic ring is 1. The van der Waals surface area contributed by atoms with Crippen LogP contribution in [0.15, 0.2) is 41.6 Å². The van der Waals surface area contributed by atoms with Crippen LogP contribution in [0.4, 0.5) is 5.69 Å². The first-order valence-corrected chi connectivity index (χ1v) is 7.69. The van der Waals surface area contributed by atoms with E-state index in [1.165, 1.54) is 17.5 Å². The number of hydrogen-bond acceptors (Lipinski definition) is 6. The smallest absolute Gasteiger partial charge is 0.262 e. The number of pyridine rings is 2. The first-order chi connectivity index (χ1) is 9.95. The monoisotopic (exact) mass is 307 g/mol. The molecule has 0 aromatic carbocycles. The van der Waals surface area contributed by atoms with Crippen molar-refractivity contribution in [2.45, 2.75) is 18.5 Å². The van der Waals surface area contributed by atoms with Crippen molar-refractivity contribution in [3.63, 3.8) is 0 Å². The molecule has 8 heteroatoms. The highest BCUT2D eigenvalue weighted by Crippen LogP contribution is 2.21. The van der Waals surface area contributed by atoms with Gasteiger partial charge in [0, 0.05) is 18.9 Å². The zero-order valence-corrected chi connectivity index (χ0v) is 12.6. The summed E-state index contributed by atoms with van der Waals surface area (Å²) in [4.78, 5) is 8.21. The van der Waals surface area contributed by atoms with Gasteiger partial charge in [-0.1, -0.05) is 6.07 Å². The highest BCUT2D eigenvalue weighted by atomic mass is 32.2. The number of hydrogen-bond donors (Lipinski definition) is 2. The van der Waals surface area contributed by atoms with Crippen molar-refractivity contribution in [2.75, 3.05) is 12.5 Å². The molecule has 21 heavy (non-hydrogen) atoms. The van der Waals surface area contributed by atoms with Crippen molar-refractivity contribution < 1.29 is 8.42 Å². The average molecular weight is 307 g/mol. The van der Waals surface area contributed by atoms with Crippen LogP contribution in [0.25, 0.3) is 0 Å². The first kappa shape index (κ1) is 15.4. The van der Waals surface area contributed by atoms with Gasteiger partial charge in [-0.2, -0.15) is 4.31 Å².